The van der Waals surface area contributed by atoms with Crippen molar-refractivity contribution in [1.29, 1.82) is 0 Å². The lowest BCUT2D eigenvalue weighted by Crippen LogP contribution is -2.02. The Balaban J connectivity index is 3.33. The maximum Gasteiger partial charge on any atom is 0.426 e. The molecule has 0 amide bonds. The molecular weight excluding hydrogens is 269 g/mol. The number of alkyl halides is 3. The summed E-state index contributed by atoms with van der Waals surface area (Å²) in [6.07, 6.45) is -3.96. The lowest BCUT2D eigenvalue weighted by molar-refractivity contribution is -0.134. The van der Waals surface area contributed by atoms with Crippen molar-refractivity contribution >= 4 is 33.6 Å². The Bertz CT molecular complexity index is 342. The number of carbonyl (C=O) groups excluding carboxylic acids is 1. The van der Waals surface area contributed by atoms with E-state index in [9.17, 15) is 18.0 Å². The molecule has 0 aromatic carbocycles. The number of thiophene rings is 1. The zero-order chi connectivity index (χ0) is 10.2. The van der Waals surface area contributed by atoms with Gasteiger partial charge in [-0.1, -0.05) is 0 Å². The molecule has 0 saturated carbocycles. The van der Waals surface area contributed by atoms with Crippen molar-refractivity contribution in [3.63, 3.8) is 0 Å². The monoisotopic (exact) mass is 272 g/mol. The Labute approximate surface area is 84.7 Å². The van der Waals surface area contributed by atoms with Crippen LogP contribution in [-0.2, 0) is 6.18 Å². The van der Waals surface area contributed by atoms with Crippen LogP contribution in [0.2, 0.25) is 0 Å². The van der Waals surface area contributed by atoms with Crippen molar-refractivity contribution in [2.75, 3.05) is 0 Å². The molecule has 1 heterocycles. The average molecular weight is 273 g/mol. The molecule has 72 valence electrons. The quantitative estimate of drug-likeness (QED) is 0.714. The zero-order valence-electron chi connectivity index (χ0n) is 6.41. The average Bonchev–Trinajstić information content (AvgIpc) is 2.28. The van der Waals surface area contributed by atoms with Gasteiger partial charge in [0.25, 0.3) is 0 Å². The standard InChI is InChI=1S/C7H4BrF3OS/c1-3-4(2-12)13-6(5(3)8)7(9,10)11/h2H,1H3. The van der Waals surface area contributed by atoms with Crippen LogP contribution in [0.1, 0.15) is 20.1 Å². The molecule has 1 nitrogen and oxygen atoms in total. The van der Waals surface area contributed by atoms with Crippen LogP contribution < -0.4 is 0 Å². The van der Waals surface area contributed by atoms with Gasteiger partial charge in [0.1, 0.15) is 4.88 Å². The van der Waals surface area contributed by atoms with Gasteiger partial charge in [-0.05, 0) is 28.4 Å². The smallest absolute Gasteiger partial charge is 0.297 e. The fourth-order valence-corrected chi connectivity index (χ4v) is 2.50. The van der Waals surface area contributed by atoms with Gasteiger partial charge >= 0.3 is 6.18 Å². The van der Waals surface area contributed by atoms with Gasteiger partial charge < -0.3 is 0 Å². The van der Waals surface area contributed by atoms with E-state index in [1.165, 1.54) is 6.92 Å². The topological polar surface area (TPSA) is 17.1 Å². The zero-order valence-corrected chi connectivity index (χ0v) is 8.81. The van der Waals surface area contributed by atoms with E-state index in [1.807, 2.05) is 0 Å². The summed E-state index contributed by atoms with van der Waals surface area (Å²) in [6.45, 7) is 1.47. The molecule has 6 heteroatoms. The van der Waals surface area contributed by atoms with Crippen molar-refractivity contribution in [2.45, 2.75) is 13.1 Å². The van der Waals surface area contributed by atoms with E-state index in [0.717, 1.165) is 0 Å². The normalized spacial score (nSPS) is 11.8. The van der Waals surface area contributed by atoms with E-state index < -0.39 is 11.1 Å². The van der Waals surface area contributed by atoms with Crippen LogP contribution in [0.4, 0.5) is 13.2 Å². The first-order chi connectivity index (χ1) is 5.88. The maximum absolute atomic E-state index is 12.2. The van der Waals surface area contributed by atoms with E-state index in [2.05, 4.69) is 15.9 Å². The van der Waals surface area contributed by atoms with E-state index in [-0.39, 0.29) is 9.35 Å². The summed E-state index contributed by atoms with van der Waals surface area (Å²) in [5, 5.41) is 0. The van der Waals surface area contributed by atoms with Gasteiger partial charge in [-0.15, -0.1) is 11.3 Å². The number of hydrogen-bond donors (Lipinski definition) is 0. The fourth-order valence-electron chi connectivity index (χ4n) is 0.805. The highest BCUT2D eigenvalue weighted by Gasteiger charge is 2.36. The van der Waals surface area contributed by atoms with E-state index in [1.54, 1.807) is 0 Å². The van der Waals surface area contributed by atoms with Crippen molar-refractivity contribution in [3.05, 3.63) is 19.8 Å². The van der Waals surface area contributed by atoms with Crippen molar-refractivity contribution in [2.24, 2.45) is 0 Å². The number of halogens is 4. The molecule has 0 unspecified atom stereocenters. The molecular formula is C7H4BrF3OS. The SMILES string of the molecule is Cc1c(C=O)sc(C(F)(F)F)c1Br. The minimum Gasteiger partial charge on any atom is -0.297 e. The molecule has 1 aromatic heterocycles. The molecule has 0 aliphatic carbocycles. The molecule has 0 saturated heterocycles. The summed E-state index contributed by atoms with van der Waals surface area (Å²) >= 11 is 3.26. The van der Waals surface area contributed by atoms with Crippen LogP contribution in [0.3, 0.4) is 0 Å². The predicted octanol–water partition coefficient (Wildman–Crippen LogP) is 3.65. The minimum atomic E-state index is -4.39. The molecule has 0 spiro atoms. The van der Waals surface area contributed by atoms with Crippen molar-refractivity contribution in [1.82, 2.24) is 0 Å². The second-order valence-corrected chi connectivity index (χ2v) is 4.20. The highest BCUT2D eigenvalue weighted by Crippen LogP contribution is 2.42. The highest BCUT2D eigenvalue weighted by atomic mass is 79.9. The third-order valence-electron chi connectivity index (χ3n) is 1.47. The number of carbonyl (C=O) groups is 1. The van der Waals surface area contributed by atoms with Crippen LogP contribution >= 0.6 is 27.3 Å². The van der Waals surface area contributed by atoms with Gasteiger partial charge in [0, 0.05) is 4.47 Å². The second kappa shape index (κ2) is 3.42. The summed E-state index contributed by atoms with van der Waals surface area (Å²) in [5.74, 6) is 0. The fraction of sp³-hybridized carbons (Fsp3) is 0.286. The second-order valence-electron chi connectivity index (χ2n) is 2.35. The van der Waals surface area contributed by atoms with E-state index >= 15 is 0 Å². The molecule has 0 aliphatic rings. The first-order valence-electron chi connectivity index (χ1n) is 3.19. The Kier molecular flexibility index (Phi) is 2.82. The lowest BCUT2D eigenvalue weighted by Gasteiger charge is -2.02. The van der Waals surface area contributed by atoms with Crippen LogP contribution in [0.15, 0.2) is 4.47 Å². The largest absolute Gasteiger partial charge is 0.426 e. The van der Waals surface area contributed by atoms with Crippen LogP contribution in [-0.4, -0.2) is 6.29 Å². The molecule has 0 atom stereocenters. The van der Waals surface area contributed by atoms with Crippen LogP contribution in [0, 0.1) is 6.92 Å². The summed E-state index contributed by atoms with van der Waals surface area (Å²) in [4.78, 5) is 9.70. The lowest BCUT2D eigenvalue weighted by atomic mass is 10.3. The molecule has 0 aliphatic heterocycles. The summed E-state index contributed by atoms with van der Waals surface area (Å²) in [5.41, 5.74) is 0.340. The minimum absolute atomic E-state index is 0.0351. The third kappa shape index (κ3) is 1.94. The molecule has 13 heavy (non-hydrogen) atoms. The van der Waals surface area contributed by atoms with Crippen LogP contribution in [0.25, 0.3) is 0 Å². The molecule has 0 radical (unpaired) electrons. The maximum atomic E-state index is 12.2. The molecule has 1 rings (SSSR count). The summed E-state index contributed by atoms with van der Waals surface area (Å²) in [7, 11) is 0. The number of rotatable bonds is 1. The first kappa shape index (κ1) is 10.7. The van der Waals surface area contributed by atoms with Gasteiger partial charge in [0.2, 0.25) is 0 Å². The van der Waals surface area contributed by atoms with Gasteiger partial charge in [0.15, 0.2) is 6.29 Å². The third-order valence-corrected chi connectivity index (χ3v) is 3.99. The van der Waals surface area contributed by atoms with Crippen molar-refractivity contribution in [3.8, 4) is 0 Å². The predicted molar refractivity (Wildman–Crippen MR) is 47.1 cm³/mol. The van der Waals surface area contributed by atoms with Crippen molar-refractivity contribution < 1.29 is 18.0 Å². The number of hydrogen-bond acceptors (Lipinski definition) is 2. The summed E-state index contributed by atoms with van der Waals surface area (Å²) < 4.78 is 36.7. The van der Waals surface area contributed by atoms with E-state index in [0.29, 0.717) is 23.2 Å². The Morgan fingerprint density at radius 2 is 2.00 bits per heavy atom. The Morgan fingerprint density at radius 1 is 1.46 bits per heavy atom. The number of aldehydes is 1. The Morgan fingerprint density at radius 3 is 2.23 bits per heavy atom. The van der Waals surface area contributed by atoms with E-state index in [4.69, 9.17) is 0 Å². The molecule has 0 N–H and O–H groups in total. The highest BCUT2D eigenvalue weighted by molar-refractivity contribution is 9.10. The molecule has 0 bridgehead atoms. The molecule has 1 aromatic rings. The van der Waals surface area contributed by atoms with Gasteiger partial charge in [-0.2, -0.15) is 13.2 Å². The first-order valence-corrected chi connectivity index (χ1v) is 4.80. The van der Waals surface area contributed by atoms with Gasteiger partial charge in [-0.25, -0.2) is 0 Å². The van der Waals surface area contributed by atoms with Gasteiger partial charge in [0.05, 0.1) is 4.88 Å². The van der Waals surface area contributed by atoms with Gasteiger partial charge in [-0.3, -0.25) is 4.79 Å². The van der Waals surface area contributed by atoms with Crippen LogP contribution in [0.5, 0.6) is 0 Å². The summed E-state index contributed by atoms with van der Waals surface area (Å²) in [6, 6.07) is 0. The molecule has 0 fully saturated rings. The Hall–Kier alpha value is -0.360.